The number of halogens is 1. The second-order valence-electron chi connectivity index (χ2n) is 3.78. The van der Waals surface area contributed by atoms with Crippen LogP contribution < -0.4 is 5.32 Å². The van der Waals surface area contributed by atoms with Crippen LogP contribution in [0.15, 0.2) is 24.9 Å². The molecule has 104 valence electrons. The highest BCUT2D eigenvalue weighted by Gasteiger charge is 2.09. The van der Waals surface area contributed by atoms with Gasteiger partial charge in [-0.05, 0) is 0 Å². The molecule has 2 aromatic rings. The molecular weight excluding hydrogens is 286 g/mol. The van der Waals surface area contributed by atoms with E-state index in [1.165, 1.54) is 24.9 Å². The number of aromatic carboxylic acids is 1. The lowest BCUT2D eigenvalue weighted by molar-refractivity contribution is 0.0690. The molecule has 1 amide bonds. The molecule has 0 aromatic carbocycles. The summed E-state index contributed by atoms with van der Waals surface area (Å²) in [5, 5.41) is 11.5. The molecular formula is C11H10ClN5O3. The quantitative estimate of drug-likeness (QED) is 0.829. The van der Waals surface area contributed by atoms with Crippen LogP contribution >= 0.6 is 11.6 Å². The third-order valence-electron chi connectivity index (χ3n) is 2.35. The number of carbonyl (C=O) groups excluding carboxylic acids is 1. The average molecular weight is 296 g/mol. The van der Waals surface area contributed by atoms with E-state index in [-0.39, 0.29) is 16.5 Å². The summed E-state index contributed by atoms with van der Waals surface area (Å²) in [6, 6.07) is 0. The van der Waals surface area contributed by atoms with E-state index in [9.17, 15) is 9.59 Å². The normalized spacial score (nSPS) is 10.2. The van der Waals surface area contributed by atoms with Gasteiger partial charge in [0.2, 0.25) is 0 Å². The molecule has 0 aliphatic rings. The smallest absolute Gasteiger partial charge is 0.356 e. The molecule has 8 nitrogen and oxygen atoms in total. The molecule has 0 saturated carbocycles. The number of carboxylic acid groups (broad SMARTS) is 1. The van der Waals surface area contributed by atoms with Crippen LogP contribution in [0.2, 0.25) is 5.15 Å². The molecule has 0 radical (unpaired) electrons. The van der Waals surface area contributed by atoms with Gasteiger partial charge in [-0.3, -0.25) is 9.78 Å². The van der Waals surface area contributed by atoms with Crippen LogP contribution in [0.1, 0.15) is 21.0 Å². The third-order valence-corrected chi connectivity index (χ3v) is 2.53. The number of hydrogen-bond acceptors (Lipinski definition) is 5. The largest absolute Gasteiger partial charge is 0.476 e. The number of nitrogens with one attached hydrogen (secondary N) is 1. The number of carboxylic acids is 1. The standard InChI is InChI=1S/C11H10ClN5O3/c12-9-4-13-3-7(16-9)10(18)14-1-2-17-5-8(11(19)20)15-6-17/h3-6H,1-2H2,(H,14,18)(H,19,20). The summed E-state index contributed by atoms with van der Waals surface area (Å²) in [4.78, 5) is 33.6. The number of hydrogen-bond donors (Lipinski definition) is 2. The molecule has 2 N–H and O–H groups in total. The first-order valence-electron chi connectivity index (χ1n) is 5.57. The fourth-order valence-electron chi connectivity index (χ4n) is 1.43. The van der Waals surface area contributed by atoms with Crippen molar-refractivity contribution in [2.75, 3.05) is 6.54 Å². The minimum Gasteiger partial charge on any atom is -0.476 e. The number of nitrogens with zero attached hydrogens (tertiary/aromatic N) is 4. The van der Waals surface area contributed by atoms with Crippen molar-refractivity contribution in [1.29, 1.82) is 0 Å². The van der Waals surface area contributed by atoms with Crippen LogP contribution in [-0.2, 0) is 6.54 Å². The van der Waals surface area contributed by atoms with Gasteiger partial charge < -0.3 is 15.0 Å². The Morgan fingerprint density at radius 1 is 1.35 bits per heavy atom. The van der Waals surface area contributed by atoms with E-state index in [0.29, 0.717) is 13.1 Å². The molecule has 0 bridgehead atoms. The van der Waals surface area contributed by atoms with Gasteiger partial charge in [-0.2, -0.15) is 0 Å². The molecule has 2 aromatic heterocycles. The molecule has 0 aliphatic heterocycles. The Bertz CT molecular complexity index is 642. The fraction of sp³-hybridized carbons (Fsp3) is 0.182. The lowest BCUT2D eigenvalue weighted by atomic mass is 10.4. The second-order valence-corrected chi connectivity index (χ2v) is 4.17. The highest BCUT2D eigenvalue weighted by Crippen LogP contribution is 2.02. The number of rotatable bonds is 5. The Balaban J connectivity index is 1.86. The minimum absolute atomic E-state index is 0.0444. The van der Waals surface area contributed by atoms with Crippen LogP contribution in [-0.4, -0.2) is 43.0 Å². The lowest BCUT2D eigenvalue weighted by Crippen LogP contribution is -2.27. The van der Waals surface area contributed by atoms with Crippen molar-refractivity contribution in [2.45, 2.75) is 6.54 Å². The van der Waals surface area contributed by atoms with Crippen molar-refractivity contribution in [3.63, 3.8) is 0 Å². The predicted molar refractivity (Wildman–Crippen MR) is 68.6 cm³/mol. The van der Waals surface area contributed by atoms with E-state index in [0.717, 1.165) is 0 Å². The van der Waals surface area contributed by atoms with Gasteiger partial charge in [0.1, 0.15) is 10.8 Å². The minimum atomic E-state index is -1.10. The summed E-state index contributed by atoms with van der Waals surface area (Å²) >= 11 is 5.63. The molecule has 2 heterocycles. The highest BCUT2D eigenvalue weighted by atomic mass is 35.5. The van der Waals surface area contributed by atoms with E-state index in [1.54, 1.807) is 4.57 Å². The van der Waals surface area contributed by atoms with Crippen molar-refractivity contribution in [1.82, 2.24) is 24.8 Å². The second kappa shape index (κ2) is 6.11. The number of imidazole rings is 1. The molecule has 0 atom stereocenters. The van der Waals surface area contributed by atoms with Crippen LogP contribution in [0.5, 0.6) is 0 Å². The van der Waals surface area contributed by atoms with Crippen molar-refractivity contribution >= 4 is 23.5 Å². The first kappa shape index (κ1) is 13.9. The number of amides is 1. The molecule has 0 aliphatic carbocycles. The van der Waals surface area contributed by atoms with Gasteiger partial charge in [0, 0.05) is 19.3 Å². The van der Waals surface area contributed by atoms with Gasteiger partial charge in [0.15, 0.2) is 5.69 Å². The van der Waals surface area contributed by atoms with Gasteiger partial charge in [0.05, 0.1) is 18.7 Å². The Morgan fingerprint density at radius 3 is 2.80 bits per heavy atom. The molecule has 9 heteroatoms. The first-order chi connectivity index (χ1) is 9.56. The summed E-state index contributed by atoms with van der Waals surface area (Å²) in [6.07, 6.45) is 5.40. The lowest BCUT2D eigenvalue weighted by Gasteiger charge is -2.05. The van der Waals surface area contributed by atoms with E-state index >= 15 is 0 Å². The van der Waals surface area contributed by atoms with Gasteiger partial charge in [-0.1, -0.05) is 11.6 Å². The summed E-state index contributed by atoms with van der Waals surface area (Å²) in [5.41, 5.74) is 0.0754. The van der Waals surface area contributed by atoms with E-state index in [1.807, 2.05) is 0 Å². The number of carbonyl (C=O) groups is 2. The van der Waals surface area contributed by atoms with Crippen LogP contribution in [0.4, 0.5) is 0 Å². The topological polar surface area (TPSA) is 110 Å². The molecule has 0 fully saturated rings. The van der Waals surface area contributed by atoms with E-state index < -0.39 is 11.9 Å². The van der Waals surface area contributed by atoms with Crippen molar-refractivity contribution in [2.24, 2.45) is 0 Å². The first-order valence-corrected chi connectivity index (χ1v) is 5.95. The van der Waals surface area contributed by atoms with E-state index in [4.69, 9.17) is 16.7 Å². The third kappa shape index (κ3) is 3.51. The van der Waals surface area contributed by atoms with Gasteiger partial charge in [-0.15, -0.1) is 0 Å². The fourth-order valence-corrected chi connectivity index (χ4v) is 1.58. The molecule has 2 rings (SSSR count). The summed E-state index contributed by atoms with van der Waals surface area (Å²) < 4.78 is 1.56. The van der Waals surface area contributed by atoms with Crippen molar-refractivity contribution in [3.05, 3.63) is 41.5 Å². The highest BCUT2D eigenvalue weighted by molar-refractivity contribution is 6.29. The maximum Gasteiger partial charge on any atom is 0.356 e. The van der Waals surface area contributed by atoms with Gasteiger partial charge in [0.25, 0.3) is 5.91 Å². The summed E-state index contributed by atoms with van der Waals surface area (Å²) in [5.74, 6) is -1.50. The Kier molecular flexibility index (Phi) is 4.26. The molecule has 0 spiro atoms. The molecule has 0 saturated heterocycles. The Morgan fingerprint density at radius 2 is 2.15 bits per heavy atom. The summed E-state index contributed by atoms with van der Waals surface area (Å²) in [7, 11) is 0. The van der Waals surface area contributed by atoms with Crippen molar-refractivity contribution in [3.8, 4) is 0 Å². The Labute approximate surface area is 118 Å². The Hall–Kier alpha value is -2.48. The maximum atomic E-state index is 11.7. The zero-order valence-corrected chi connectivity index (χ0v) is 10.9. The average Bonchev–Trinajstić information content (AvgIpc) is 2.87. The predicted octanol–water partition coefficient (Wildman–Crippen LogP) is 0.455. The summed E-state index contributed by atoms with van der Waals surface area (Å²) in [6.45, 7) is 0.683. The SMILES string of the molecule is O=C(O)c1cn(CCNC(=O)c2cncc(Cl)n2)cn1. The monoisotopic (exact) mass is 295 g/mol. The van der Waals surface area contributed by atoms with Gasteiger partial charge in [-0.25, -0.2) is 14.8 Å². The molecule has 20 heavy (non-hydrogen) atoms. The van der Waals surface area contributed by atoms with E-state index in [2.05, 4.69) is 20.3 Å². The van der Waals surface area contributed by atoms with Crippen LogP contribution in [0.3, 0.4) is 0 Å². The van der Waals surface area contributed by atoms with Crippen LogP contribution in [0.25, 0.3) is 0 Å². The maximum absolute atomic E-state index is 11.7. The number of aromatic nitrogens is 4. The zero-order valence-electron chi connectivity index (χ0n) is 10.2. The van der Waals surface area contributed by atoms with Crippen LogP contribution in [0, 0.1) is 0 Å². The van der Waals surface area contributed by atoms with Crippen molar-refractivity contribution < 1.29 is 14.7 Å². The van der Waals surface area contributed by atoms with Gasteiger partial charge >= 0.3 is 5.97 Å². The zero-order chi connectivity index (χ0) is 14.5. The molecule has 0 unspecified atom stereocenters.